The molecule has 0 spiro atoms. The van der Waals surface area contributed by atoms with Crippen molar-refractivity contribution in [1.29, 1.82) is 0 Å². The van der Waals surface area contributed by atoms with Crippen molar-refractivity contribution in [2.24, 2.45) is 0 Å². The van der Waals surface area contributed by atoms with Gasteiger partial charge in [0.1, 0.15) is 11.5 Å². The Morgan fingerprint density at radius 2 is 1.52 bits per heavy atom. The molecule has 8 heteroatoms. The van der Waals surface area contributed by atoms with Gasteiger partial charge in [0.05, 0.1) is 4.47 Å². The molecule has 144 valence electrons. The fourth-order valence-corrected chi connectivity index (χ4v) is 3.17. The molecule has 0 aromatic heterocycles. The lowest BCUT2D eigenvalue weighted by molar-refractivity contribution is -0.131. The summed E-state index contributed by atoms with van der Waals surface area (Å²) in [5.74, 6) is 0.208. The number of hydrogen-bond acceptors (Lipinski definition) is 4. The minimum atomic E-state index is -0.477. The topological polar surface area (TPSA) is 76.7 Å². The van der Waals surface area contributed by atoms with E-state index in [1.165, 1.54) is 0 Å². The fraction of sp³-hybridized carbons (Fsp3) is 0.263. The Morgan fingerprint density at radius 1 is 0.926 bits per heavy atom. The number of amides is 2. The van der Waals surface area contributed by atoms with E-state index in [1.807, 2.05) is 31.2 Å². The number of carbonyl (C=O) groups excluding carboxylic acids is 2. The van der Waals surface area contributed by atoms with Crippen LogP contribution in [0.2, 0.25) is 0 Å². The second-order valence-corrected chi connectivity index (χ2v) is 7.47. The summed E-state index contributed by atoms with van der Waals surface area (Å²) in [5.41, 5.74) is 6.63. The van der Waals surface area contributed by atoms with Crippen LogP contribution in [0.15, 0.2) is 45.3 Å². The van der Waals surface area contributed by atoms with E-state index in [-0.39, 0.29) is 13.2 Å². The van der Waals surface area contributed by atoms with Crippen LogP contribution in [0, 0.1) is 6.92 Å². The van der Waals surface area contributed by atoms with Gasteiger partial charge in [0.2, 0.25) is 0 Å². The zero-order chi connectivity index (χ0) is 19.8. The highest BCUT2D eigenvalue weighted by Gasteiger charge is 2.09. The summed E-state index contributed by atoms with van der Waals surface area (Å²) in [4.78, 5) is 23.6. The van der Waals surface area contributed by atoms with Gasteiger partial charge in [-0.05, 0) is 70.7 Å². The van der Waals surface area contributed by atoms with Gasteiger partial charge >= 0.3 is 0 Å². The van der Waals surface area contributed by atoms with Crippen LogP contribution in [0.5, 0.6) is 11.5 Å². The molecule has 2 rings (SSSR count). The summed E-state index contributed by atoms with van der Waals surface area (Å²) < 4.78 is 12.6. The van der Waals surface area contributed by atoms with E-state index in [0.29, 0.717) is 11.5 Å². The number of hydrazine groups is 1. The third-order valence-corrected chi connectivity index (χ3v) is 4.71. The van der Waals surface area contributed by atoms with E-state index >= 15 is 0 Å². The van der Waals surface area contributed by atoms with Crippen LogP contribution in [0.4, 0.5) is 0 Å². The Kier molecular flexibility index (Phi) is 8.12. The lowest BCUT2D eigenvalue weighted by atomic mass is 10.2. The number of rotatable bonds is 7. The maximum Gasteiger partial charge on any atom is 0.276 e. The predicted octanol–water partition coefficient (Wildman–Crippen LogP) is 3.69. The molecule has 2 aromatic rings. The maximum absolute atomic E-state index is 11.8. The Labute approximate surface area is 174 Å². The van der Waals surface area contributed by atoms with Crippen molar-refractivity contribution in [2.45, 2.75) is 20.3 Å². The van der Waals surface area contributed by atoms with Gasteiger partial charge in [-0.25, -0.2) is 0 Å². The predicted molar refractivity (Wildman–Crippen MR) is 110 cm³/mol. The van der Waals surface area contributed by atoms with E-state index < -0.39 is 11.8 Å². The molecule has 0 radical (unpaired) electrons. The zero-order valence-electron chi connectivity index (χ0n) is 15.0. The zero-order valence-corrected chi connectivity index (χ0v) is 18.1. The van der Waals surface area contributed by atoms with Gasteiger partial charge in [-0.15, -0.1) is 0 Å². The molecule has 0 saturated carbocycles. The highest BCUT2D eigenvalue weighted by atomic mass is 79.9. The normalized spacial score (nSPS) is 10.2. The summed E-state index contributed by atoms with van der Waals surface area (Å²) in [6.45, 7) is 3.49. The van der Waals surface area contributed by atoms with Gasteiger partial charge < -0.3 is 9.47 Å². The molecular formula is C19H20Br2N2O4. The van der Waals surface area contributed by atoms with E-state index in [0.717, 1.165) is 26.5 Å². The molecule has 0 bridgehead atoms. The Bertz CT molecular complexity index is 827. The molecule has 0 unspecified atom stereocenters. The first-order valence-corrected chi connectivity index (χ1v) is 9.85. The van der Waals surface area contributed by atoms with Crippen molar-refractivity contribution in [1.82, 2.24) is 10.9 Å². The van der Waals surface area contributed by atoms with E-state index in [4.69, 9.17) is 9.47 Å². The number of hydrogen-bond donors (Lipinski definition) is 2. The first-order chi connectivity index (χ1) is 12.9. The fourth-order valence-electron chi connectivity index (χ4n) is 2.15. The van der Waals surface area contributed by atoms with Gasteiger partial charge in [0, 0.05) is 4.47 Å². The molecule has 0 aliphatic carbocycles. The van der Waals surface area contributed by atoms with Gasteiger partial charge in [-0.2, -0.15) is 0 Å². The van der Waals surface area contributed by atoms with E-state index in [1.54, 1.807) is 12.1 Å². The molecular weight excluding hydrogens is 480 g/mol. The van der Waals surface area contributed by atoms with Gasteiger partial charge in [-0.1, -0.05) is 28.9 Å². The summed E-state index contributed by atoms with van der Waals surface area (Å²) in [6, 6.07) is 11.1. The average molecular weight is 500 g/mol. The number of benzene rings is 2. The number of aryl methyl sites for hydroxylation is 2. The molecule has 6 nitrogen and oxygen atoms in total. The lowest BCUT2D eigenvalue weighted by Gasteiger charge is -2.12. The first kappa shape index (κ1) is 21.2. The second kappa shape index (κ2) is 10.3. The molecule has 0 atom stereocenters. The van der Waals surface area contributed by atoms with Crippen molar-refractivity contribution >= 4 is 43.7 Å². The SMILES string of the molecule is CCc1ccc(OCC(=O)NNC(=O)COc2ccc(Br)cc2C)c(Br)c1. The van der Waals surface area contributed by atoms with Crippen molar-refractivity contribution < 1.29 is 19.1 Å². The van der Waals surface area contributed by atoms with Crippen LogP contribution in [0.3, 0.4) is 0 Å². The molecule has 0 heterocycles. The third kappa shape index (κ3) is 6.88. The maximum atomic E-state index is 11.8. The largest absolute Gasteiger partial charge is 0.483 e. The molecule has 0 aliphatic heterocycles. The van der Waals surface area contributed by atoms with Crippen LogP contribution in [-0.2, 0) is 16.0 Å². The third-order valence-electron chi connectivity index (χ3n) is 3.60. The second-order valence-electron chi connectivity index (χ2n) is 5.70. The quantitative estimate of drug-likeness (QED) is 0.569. The Hall–Kier alpha value is -2.06. The summed E-state index contributed by atoms with van der Waals surface area (Å²) in [7, 11) is 0. The standard InChI is InChI=1S/C19H20Br2N2O4/c1-3-13-4-6-17(15(21)9-13)27-11-19(25)23-22-18(24)10-26-16-7-5-14(20)8-12(16)2/h4-9H,3,10-11H2,1-2H3,(H,22,24)(H,23,25). The van der Waals surface area contributed by atoms with Crippen molar-refractivity contribution in [3.63, 3.8) is 0 Å². The average Bonchev–Trinajstić information content (AvgIpc) is 2.64. The van der Waals surface area contributed by atoms with Gasteiger partial charge in [0.25, 0.3) is 11.8 Å². The Morgan fingerprint density at radius 3 is 2.07 bits per heavy atom. The van der Waals surface area contributed by atoms with E-state index in [2.05, 4.69) is 49.6 Å². The first-order valence-electron chi connectivity index (χ1n) is 8.27. The summed E-state index contributed by atoms with van der Waals surface area (Å²) in [6.07, 6.45) is 0.910. The van der Waals surface area contributed by atoms with Crippen LogP contribution in [0.25, 0.3) is 0 Å². The molecule has 0 aliphatic rings. The highest BCUT2D eigenvalue weighted by Crippen LogP contribution is 2.26. The van der Waals surface area contributed by atoms with Crippen molar-refractivity contribution in [3.05, 3.63) is 56.5 Å². The molecule has 27 heavy (non-hydrogen) atoms. The molecule has 0 saturated heterocycles. The monoisotopic (exact) mass is 498 g/mol. The van der Waals surface area contributed by atoms with Gasteiger partial charge in [0.15, 0.2) is 13.2 Å². The Balaban J connectivity index is 1.72. The number of ether oxygens (including phenoxy) is 2. The van der Waals surface area contributed by atoms with Crippen LogP contribution < -0.4 is 20.3 Å². The molecule has 2 aromatic carbocycles. The smallest absolute Gasteiger partial charge is 0.276 e. The minimum Gasteiger partial charge on any atom is -0.483 e. The van der Waals surface area contributed by atoms with Gasteiger partial charge in [-0.3, -0.25) is 20.4 Å². The van der Waals surface area contributed by atoms with Crippen LogP contribution in [0.1, 0.15) is 18.1 Å². The number of carbonyl (C=O) groups is 2. The molecule has 2 amide bonds. The molecule has 2 N–H and O–H groups in total. The summed E-state index contributed by atoms with van der Waals surface area (Å²) >= 11 is 6.77. The lowest BCUT2D eigenvalue weighted by Crippen LogP contribution is -2.45. The minimum absolute atomic E-state index is 0.215. The van der Waals surface area contributed by atoms with Crippen molar-refractivity contribution in [3.8, 4) is 11.5 Å². The van der Waals surface area contributed by atoms with Crippen LogP contribution >= 0.6 is 31.9 Å². The molecule has 0 fully saturated rings. The van der Waals surface area contributed by atoms with Crippen LogP contribution in [-0.4, -0.2) is 25.0 Å². The van der Waals surface area contributed by atoms with Crippen molar-refractivity contribution in [2.75, 3.05) is 13.2 Å². The summed E-state index contributed by atoms with van der Waals surface area (Å²) in [5, 5.41) is 0. The highest BCUT2D eigenvalue weighted by molar-refractivity contribution is 9.10. The van der Waals surface area contributed by atoms with E-state index in [9.17, 15) is 9.59 Å². The number of halogens is 2. The number of nitrogens with one attached hydrogen (secondary N) is 2.